The number of morpholine rings is 1. The van der Waals surface area contributed by atoms with Gasteiger partial charge in [0.05, 0.1) is 18.8 Å². The van der Waals surface area contributed by atoms with Crippen molar-refractivity contribution in [3.05, 3.63) is 29.6 Å². The normalized spacial score (nSPS) is 23.4. The third-order valence-electron chi connectivity index (χ3n) is 3.14. The summed E-state index contributed by atoms with van der Waals surface area (Å²) in [6.07, 6.45) is -0.117. The van der Waals surface area contributed by atoms with E-state index in [9.17, 15) is 14.3 Å². The van der Waals surface area contributed by atoms with Crippen LogP contribution in [0.3, 0.4) is 0 Å². The van der Waals surface area contributed by atoms with Crippen molar-refractivity contribution in [2.75, 3.05) is 18.5 Å². The molecular weight excluding hydrogens is 317 g/mol. The maximum absolute atomic E-state index is 13.7. The predicted molar refractivity (Wildman–Crippen MR) is 72.1 cm³/mol. The molecule has 1 fully saturated rings. The highest BCUT2D eigenvalue weighted by molar-refractivity contribution is 9.09. The van der Waals surface area contributed by atoms with Crippen LogP contribution in [0.1, 0.15) is 17.3 Å². The minimum absolute atomic E-state index is 0.117. The summed E-state index contributed by atoms with van der Waals surface area (Å²) in [6, 6.07) is 3.69. The highest BCUT2D eigenvalue weighted by atomic mass is 79.9. The molecule has 19 heavy (non-hydrogen) atoms. The van der Waals surface area contributed by atoms with Crippen LogP contribution < -0.4 is 0 Å². The standard InChI is InChI=1S/C13H15BrFNO3/c1-8-7-19-9(5-14)6-16(8)13(18)12-10(15)3-2-4-11(12)17/h2-4,8-9,17H,5-7H2,1H3. The van der Waals surface area contributed by atoms with Crippen molar-refractivity contribution >= 4 is 21.8 Å². The molecule has 0 aliphatic carbocycles. The zero-order chi connectivity index (χ0) is 14.0. The number of hydrogen-bond donors (Lipinski definition) is 1. The van der Waals surface area contributed by atoms with Crippen LogP contribution in [0, 0.1) is 5.82 Å². The van der Waals surface area contributed by atoms with E-state index in [0.717, 1.165) is 0 Å². The van der Waals surface area contributed by atoms with Crippen molar-refractivity contribution in [1.82, 2.24) is 4.90 Å². The molecule has 1 saturated heterocycles. The van der Waals surface area contributed by atoms with Gasteiger partial charge in [0.1, 0.15) is 17.1 Å². The summed E-state index contributed by atoms with van der Waals surface area (Å²) in [4.78, 5) is 13.9. The molecule has 0 bridgehead atoms. The van der Waals surface area contributed by atoms with Gasteiger partial charge in [-0.05, 0) is 19.1 Å². The zero-order valence-corrected chi connectivity index (χ0v) is 12.1. The first-order valence-electron chi connectivity index (χ1n) is 6.00. The number of halogens is 2. The number of nitrogens with zero attached hydrogens (tertiary/aromatic N) is 1. The topological polar surface area (TPSA) is 49.8 Å². The number of phenols is 1. The molecule has 4 nitrogen and oxygen atoms in total. The van der Waals surface area contributed by atoms with Crippen molar-refractivity contribution in [2.24, 2.45) is 0 Å². The molecule has 1 aromatic carbocycles. The highest BCUT2D eigenvalue weighted by Crippen LogP contribution is 2.24. The van der Waals surface area contributed by atoms with E-state index in [1.165, 1.54) is 23.1 Å². The zero-order valence-electron chi connectivity index (χ0n) is 10.5. The van der Waals surface area contributed by atoms with Crippen LogP contribution in [-0.2, 0) is 4.74 Å². The van der Waals surface area contributed by atoms with Crippen LogP contribution in [0.15, 0.2) is 18.2 Å². The van der Waals surface area contributed by atoms with Gasteiger partial charge in [0, 0.05) is 11.9 Å². The fourth-order valence-corrected chi connectivity index (χ4v) is 2.45. The van der Waals surface area contributed by atoms with Crippen LogP contribution in [0.2, 0.25) is 0 Å². The molecule has 2 rings (SSSR count). The molecule has 1 aliphatic rings. The molecule has 0 radical (unpaired) electrons. The van der Waals surface area contributed by atoms with Crippen LogP contribution >= 0.6 is 15.9 Å². The SMILES string of the molecule is CC1COC(CBr)CN1C(=O)c1c(O)cccc1F. The van der Waals surface area contributed by atoms with Crippen molar-refractivity contribution in [1.29, 1.82) is 0 Å². The third kappa shape index (κ3) is 2.90. The molecule has 0 aromatic heterocycles. The van der Waals surface area contributed by atoms with E-state index in [4.69, 9.17) is 4.74 Å². The molecule has 1 aliphatic heterocycles. The van der Waals surface area contributed by atoms with Gasteiger partial charge in [-0.2, -0.15) is 0 Å². The maximum Gasteiger partial charge on any atom is 0.261 e. The molecule has 6 heteroatoms. The van der Waals surface area contributed by atoms with Gasteiger partial charge in [0.25, 0.3) is 5.91 Å². The molecule has 1 amide bonds. The highest BCUT2D eigenvalue weighted by Gasteiger charge is 2.32. The fraction of sp³-hybridized carbons (Fsp3) is 0.462. The average Bonchev–Trinajstić information content (AvgIpc) is 2.39. The van der Waals surface area contributed by atoms with E-state index in [0.29, 0.717) is 18.5 Å². The van der Waals surface area contributed by atoms with Gasteiger partial charge < -0.3 is 14.7 Å². The second kappa shape index (κ2) is 5.88. The Balaban J connectivity index is 2.27. The number of aromatic hydroxyl groups is 1. The van der Waals surface area contributed by atoms with E-state index < -0.39 is 11.7 Å². The van der Waals surface area contributed by atoms with E-state index in [-0.39, 0.29) is 23.5 Å². The Bertz CT molecular complexity index is 463. The largest absolute Gasteiger partial charge is 0.507 e. The number of carbonyl (C=O) groups is 1. The molecular formula is C13H15BrFNO3. The number of carbonyl (C=O) groups excluding carboxylic acids is 1. The maximum atomic E-state index is 13.7. The summed E-state index contributed by atoms with van der Waals surface area (Å²) in [5, 5.41) is 10.3. The van der Waals surface area contributed by atoms with Gasteiger partial charge in [0.15, 0.2) is 0 Å². The van der Waals surface area contributed by atoms with E-state index in [1.54, 1.807) is 0 Å². The Hall–Kier alpha value is -1.14. The number of amides is 1. The molecule has 0 spiro atoms. The summed E-state index contributed by atoms with van der Waals surface area (Å²) in [5.41, 5.74) is -0.274. The first-order chi connectivity index (χ1) is 9.04. The Labute approximate surface area is 119 Å². The molecule has 1 N–H and O–H groups in total. The van der Waals surface area contributed by atoms with Crippen molar-refractivity contribution < 1.29 is 19.0 Å². The molecule has 2 unspecified atom stereocenters. The Kier molecular flexibility index (Phi) is 4.42. The Morgan fingerprint density at radius 1 is 1.63 bits per heavy atom. The van der Waals surface area contributed by atoms with Gasteiger partial charge in [-0.1, -0.05) is 22.0 Å². The van der Waals surface area contributed by atoms with Crippen molar-refractivity contribution in [3.8, 4) is 5.75 Å². The van der Waals surface area contributed by atoms with Crippen LogP contribution in [0.4, 0.5) is 4.39 Å². The Morgan fingerprint density at radius 3 is 3.00 bits per heavy atom. The minimum Gasteiger partial charge on any atom is -0.507 e. The van der Waals surface area contributed by atoms with Crippen LogP contribution in [0.25, 0.3) is 0 Å². The number of benzene rings is 1. The molecule has 2 atom stereocenters. The predicted octanol–water partition coefficient (Wildman–Crippen LogP) is 2.16. The van der Waals surface area contributed by atoms with E-state index in [1.807, 2.05) is 6.92 Å². The Morgan fingerprint density at radius 2 is 2.37 bits per heavy atom. The summed E-state index contributed by atoms with van der Waals surface area (Å²) in [7, 11) is 0. The summed E-state index contributed by atoms with van der Waals surface area (Å²) < 4.78 is 19.2. The molecule has 104 valence electrons. The lowest BCUT2D eigenvalue weighted by atomic mass is 10.1. The van der Waals surface area contributed by atoms with E-state index >= 15 is 0 Å². The second-order valence-corrected chi connectivity index (χ2v) is 5.20. The lowest BCUT2D eigenvalue weighted by Crippen LogP contribution is -2.51. The van der Waals surface area contributed by atoms with Crippen molar-refractivity contribution in [2.45, 2.75) is 19.1 Å². The molecule has 0 saturated carbocycles. The lowest BCUT2D eigenvalue weighted by Gasteiger charge is -2.37. The lowest BCUT2D eigenvalue weighted by molar-refractivity contribution is -0.0363. The van der Waals surface area contributed by atoms with E-state index in [2.05, 4.69) is 15.9 Å². The molecule has 1 heterocycles. The van der Waals surface area contributed by atoms with Gasteiger partial charge >= 0.3 is 0 Å². The second-order valence-electron chi connectivity index (χ2n) is 4.55. The first-order valence-corrected chi connectivity index (χ1v) is 7.12. The van der Waals surface area contributed by atoms with Crippen LogP contribution in [-0.4, -0.2) is 46.5 Å². The van der Waals surface area contributed by atoms with Crippen molar-refractivity contribution in [3.63, 3.8) is 0 Å². The van der Waals surface area contributed by atoms with Gasteiger partial charge in [-0.15, -0.1) is 0 Å². The van der Waals surface area contributed by atoms with Gasteiger partial charge in [0.2, 0.25) is 0 Å². The first kappa shape index (κ1) is 14.3. The summed E-state index contributed by atoms with van der Waals surface area (Å²) >= 11 is 3.31. The molecule has 1 aromatic rings. The number of hydrogen-bond acceptors (Lipinski definition) is 3. The quantitative estimate of drug-likeness (QED) is 0.845. The number of phenolic OH excluding ortho intramolecular Hbond substituents is 1. The van der Waals surface area contributed by atoms with Crippen LogP contribution in [0.5, 0.6) is 5.75 Å². The third-order valence-corrected chi connectivity index (χ3v) is 3.87. The smallest absolute Gasteiger partial charge is 0.261 e. The van der Waals surface area contributed by atoms with Gasteiger partial charge in [-0.3, -0.25) is 4.79 Å². The number of rotatable bonds is 2. The van der Waals surface area contributed by atoms with Gasteiger partial charge in [-0.25, -0.2) is 4.39 Å². The number of alkyl halides is 1. The average molecular weight is 332 g/mol. The monoisotopic (exact) mass is 331 g/mol. The fourth-order valence-electron chi connectivity index (χ4n) is 2.06. The number of ether oxygens (including phenoxy) is 1. The summed E-state index contributed by atoms with van der Waals surface area (Å²) in [5.74, 6) is -1.55. The minimum atomic E-state index is -0.709. The summed E-state index contributed by atoms with van der Waals surface area (Å²) in [6.45, 7) is 2.61.